The first-order valence-corrected chi connectivity index (χ1v) is 8.11. The van der Waals surface area contributed by atoms with Gasteiger partial charge >= 0.3 is 5.97 Å². The highest BCUT2D eigenvalue weighted by Crippen LogP contribution is 2.50. The summed E-state index contributed by atoms with van der Waals surface area (Å²) in [5, 5.41) is 32.4. The van der Waals surface area contributed by atoms with Gasteiger partial charge in [0, 0.05) is 13.1 Å². The zero-order chi connectivity index (χ0) is 20.1. The molecule has 0 saturated carbocycles. The second-order valence-electron chi connectivity index (χ2n) is 6.57. The molecule has 4 N–H and O–H groups in total. The van der Waals surface area contributed by atoms with E-state index in [0.29, 0.717) is 5.56 Å². The van der Waals surface area contributed by atoms with Crippen molar-refractivity contribution in [2.24, 2.45) is 11.8 Å². The van der Waals surface area contributed by atoms with Crippen LogP contribution in [-0.4, -0.2) is 71.4 Å². The monoisotopic (exact) mass is 380 g/mol. The van der Waals surface area contributed by atoms with Gasteiger partial charge in [0.15, 0.2) is 17.0 Å². The minimum Gasteiger partial charge on any atom is -0.502 e. The third kappa shape index (κ3) is 2.44. The molecule has 2 aliphatic heterocycles. The van der Waals surface area contributed by atoms with E-state index in [1.165, 1.54) is 33.4 Å². The molecule has 10 heteroatoms. The van der Waals surface area contributed by atoms with Crippen LogP contribution in [0.4, 0.5) is 0 Å². The number of rotatable bonds is 5. The minimum atomic E-state index is -2.01. The number of carboxylic acids is 1. The molecule has 2 aliphatic rings. The van der Waals surface area contributed by atoms with Gasteiger partial charge in [-0.1, -0.05) is 0 Å². The van der Waals surface area contributed by atoms with Gasteiger partial charge < -0.3 is 24.8 Å². The molecule has 2 amide bonds. The minimum absolute atomic E-state index is 0.0599. The summed E-state index contributed by atoms with van der Waals surface area (Å²) in [4.78, 5) is 38.0. The van der Waals surface area contributed by atoms with Crippen LogP contribution in [0.3, 0.4) is 0 Å². The Morgan fingerprint density at radius 3 is 2.22 bits per heavy atom. The number of phenols is 1. The number of aromatic hydroxyl groups is 1. The fourth-order valence-electron chi connectivity index (χ4n) is 3.94. The lowest BCUT2D eigenvalue weighted by molar-refractivity contribution is -0.153. The number of benzene rings is 1. The molecule has 0 aromatic heterocycles. The second-order valence-corrected chi connectivity index (χ2v) is 6.57. The quantitative estimate of drug-likeness (QED) is 0.477. The zero-order valence-electron chi connectivity index (χ0n) is 14.9. The van der Waals surface area contributed by atoms with Gasteiger partial charge in [0.1, 0.15) is 0 Å². The number of hydrogen-bond acceptors (Lipinski definition) is 8. The molecule has 0 aliphatic carbocycles. The van der Waals surface area contributed by atoms with Crippen LogP contribution >= 0.6 is 0 Å². The van der Waals surface area contributed by atoms with E-state index in [4.69, 9.17) is 9.47 Å². The number of carbonyl (C=O) groups excluding carboxylic acids is 2. The van der Waals surface area contributed by atoms with Crippen molar-refractivity contribution in [3.63, 3.8) is 0 Å². The molecule has 4 unspecified atom stereocenters. The highest BCUT2D eigenvalue weighted by molar-refractivity contribution is 6.09. The number of likely N-dealkylation sites (tertiary alicyclic amines) is 1. The third-order valence-corrected chi connectivity index (χ3v) is 5.37. The SMILES string of the molecule is COc1cc(C2NC(CO)(C(=O)O)C3C(=O)N(C)C(=O)C23)cc(OC)c1O. The smallest absolute Gasteiger partial charge is 0.327 e. The Labute approximate surface area is 154 Å². The molecular formula is C17H20N2O8. The van der Waals surface area contributed by atoms with Crippen LogP contribution in [-0.2, 0) is 14.4 Å². The predicted molar refractivity (Wildman–Crippen MR) is 89.3 cm³/mol. The van der Waals surface area contributed by atoms with E-state index in [9.17, 15) is 29.7 Å². The summed E-state index contributed by atoms with van der Waals surface area (Å²) in [7, 11) is 3.94. The molecule has 10 nitrogen and oxygen atoms in total. The first kappa shape index (κ1) is 18.9. The molecule has 0 radical (unpaired) electrons. The Kier molecular flexibility index (Phi) is 4.48. The number of phenolic OH excluding ortho intramolecular Hbond substituents is 1. The number of imide groups is 1. The summed E-state index contributed by atoms with van der Waals surface area (Å²) in [6.07, 6.45) is 0. The number of aliphatic carboxylic acids is 1. The van der Waals surface area contributed by atoms with Crippen LogP contribution in [0, 0.1) is 11.8 Å². The molecule has 2 saturated heterocycles. The average molecular weight is 380 g/mol. The largest absolute Gasteiger partial charge is 0.502 e. The summed E-state index contributed by atoms with van der Waals surface area (Å²) in [6.45, 7) is -0.876. The molecule has 0 spiro atoms. The fourth-order valence-corrected chi connectivity index (χ4v) is 3.94. The maximum atomic E-state index is 12.7. The van der Waals surface area contributed by atoms with Crippen molar-refractivity contribution in [3.8, 4) is 17.2 Å². The van der Waals surface area contributed by atoms with E-state index in [1.54, 1.807) is 0 Å². The lowest BCUT2D eigenvalue weighted by atomic mass is 9.79. The first-order chi connectivity index (χ1) is 12.7. The van der Waals surface area contributed by atoms with Crippen molar-refractivity contribution in [1.82, 2.24) is 10.2 Å². The van der Waals surface area contributed by atoms with Crippen LogP contribution in [0.5, 0.6) is 17.2 Å². The average Bonchev–Trinajstić information content (AvgIpc) is 3.12. The molecule has 1 aromatic carbocycles. The van der Waals surface area contributed by atoms with Crippen molar-refractivity contribution >= 4 is 17.8 Å². The number of methoxy groups -OCH3 is 2. The number of carbonyl (C=O) groups is 3. The number of hydrogen-bond donors (Lipinski definition) is 4. The summed E-state index contributed by atoms with van der Waals surface area (Å²) in [5.41, 5.74) is -1.63. The van der Waals surface area contributed by atoms with Gasteiger partial charge in [0.05, 0.1) is 32.7 Å². The number of amides is 2. The Bertz CT molecular complexity index is 800. The van der Waals surface area contributed by atoms with E-state index in [-0.39, 0.29) is 17.2 Å². The van der Waals surface area contributed by atoms with Gasteiger partial charge in [-0.05, 0) is 17.7 Å². The van der Waals surface area contributed by atoms with E-state index in [1.807, 2.05) is 0 Å². The first-order valence-electron chi connectivity index (χ1n) is 8.11. The number of ether oxygens (including phenoxy) is 2. The van der Waals surface area contributed by atoms with Crippen molar-refractivity contribution in [3.05, 3.63) is 17.7 Å². The highest BCUT2D eigenvalue weighted by atomic mass is 16.5. The Hall–Kier alpha value is -2.85. The number of aliphatic hydroxyl groups is 1. The topological polar surface area (TPSA) is 146 Å². The summed E-state index contributed by atoms with van der Waals surface area (Å²) in [6, 6.07) is 1.94. The fraction of sp³-hybridized carbons (Fsp3) is 0.471. The van der Waals surface area contributed by atoms with Gasteiger partial charge in [0.2, 0.25) is 17.6 Å². The molecule has 1 aromatic rings. The lowest BCUT2D eigenvalue weighted by Gasteiger charge is -2.28. The van der Waals surface area contributed by atoms with Crippen molar-refractivity contribution in [2.75, 3.05) is 27.9 Å². The van der Waals surface area contributed by atoms with E-state index >= 15 is 0 Å². The third-order valence-electron chi connectivity index (χ3n) is 5.37. The van der Waals surface area contributed by atoms with Crippen LogP contribution in [0.2, 0.25) is 0 Å². The van der Waals surface area contributed by atoms with Gasteiger partial charge in [-0.3, -0.25) is 24.6 Å². The van der Waals surface area contributed by atoms with Crippen LogP contribution < -0.4 is 14.8 Å². The number of fused-ring (bicyclic) bond motifs is 1. The number of carboxylic acid groups (broad SMARTS) is 1. The highest BCUT2D eigenvalue weighted by Gasteiger charge is 2.68. The zero-order valence-corrected chi connectivity index (χ0v) is 14.9. The summed E-state index contributed by atoms with van der Waals surface area (Å²) in [5.74, 6) is -5.10. The van der Waals surface area contributed by atoms with Gasteiger partial charge in [-0.25, -0.2) is 0 Å². The molecule has 3 rings (SSSR count). The maximum absolute atomic E-state index is 12.7. The molecule has 0 bridgehead atoms. The number of nitrogens with one attached hydrogen (secondary N) is 1. The van der Waals surface area contributed by atoms with E-state index in [0.717, 1.165) is 4.90 Å². The Morgan fingerprint density at radius 2 is 1.78 bits per heavy atom. The number of aliphatic hydroxyl groups excluding tert-OH is 1. The van der Waals surface area contributed by atoms with E-state index < -0.39 is 47.8 Å². The van der Waals surface area contributed by atoms with Crippen LogP contribution in [0.15, 0.2) is 12.1 Å². The Morgan fingerprint density at radius 1 is 1.22 bits per heavy atom. The number of nitrogens with zero attached hydrogens (tertiary/aromatic N) is 1. The molecule has 27 heavy (non-hydrogen) atoms. The second kappa shape index (κ2) is 6.39. The van der Waals surface area contributed by atoms with Gasteiger partial charge in [0.25, 0.3) is 0 Å². The van der Waals surface area contributed by atoms with Gasteiger partial charge in [-0.15, -0.1) is 0 Å². The molecule has 4 atom stereocenters. The predicted octanol–water partition coefficient (Wildman–Crippen LogP) is -0.900. The van der Waals surface area contributed by atoms with Crippen LogP contribution in [0.1, 0.15) is 11.6 Å². The lowest BCUT2D eigenvalue weighted by Crippen LogP contribution is -2.58. The Balaban J connectivity index is 2.18. The maximum Gasteiger partial charge on any atom is 0.327 e. The van der Waals surface area contributed by atoms with Crippen molar-refractivity contribution in [1.29, 1.82) is 0 Å². The molecule has 2 heterocycles. The van der Waals surface area contributed by atoms with Crippen molar-refractivity contribution < 1.29 is 39.2 Å². The van der Waals surface area contributed by atoms with Crippen LogP contribution in [0.25, 0.3) is 0 Å². The standard InChI is InChI=1S/C17H20N2O8/c1-19-14(22)10-11(15(19)23)17(6-20,16(24)25)18-12(10)7-4-8(26-2)13(21)9(5-7)27-3/h4-5,10-12,18,20-21H,6H2,1-3H3,(H,24,25). The molecule has 2 fully saturated rings. The van der Waals surface area contributed by atoms with E-state index in [2.05, 4.69) is 5.32 Å². The molecular weight excluding hydrogens is 360 g/mol. The normalized spacial score (nSPS) is 29.8. The summed E-state index contributed by atoms with van der Waals surface area (Å²) < 4.78 is 10.2. The van der Waals surface area contributed by atoms with Gasteiger partial charge in [-0.2, -0.15) is 0 Å². The molecule has 146 valence electrons. The summed E-state index contributed by atoms with van der Waals surface area (Å²) >= 11 is 0. The van der Waals surface area contributed by atoms with Crippen molar-refractivity contribution in [2.45, 2.75) is 11.6 Å².